The summed E-state index contributed by atoms with van der Waals surface area (Å²) in [6.07, 6.45) is 2.07. The molecule has 1 saturated heterocycles. The minimum Gasteiger partial charge on any atom is -0.383 e. The molecule has 3 rings (SSSR count). The number of carbonyl (C=O) groups excluding carboxylic acids is 1. The van der Waals surface area contributed by atoms with Crippen LogP contribution in [0.4, 0.5) is 0 Å². The summed E-state index contributed by atoms with van der Waals surface area (Å²) in [5, 5.41) is 4.27. The summed E-state index contributed by atoms with van der Waals surface area (Å²) in [6.45, 7) is 5.35. The Balaban J connectivity index is 1.83. The first-order valence-corrected chi connectivity index (χ1v) is 8.62. The predicted molar refractivity (Wildman–Crippen MR) is 94.3 cm³/mol. The van der Waals surface area contributed by atoms with Crippen molar-refractivity contribution < 1.29 is 14.3 Å². The van der Waals surface area contributed by atoms with Crippen LogP contribution >= 0.6 is 0 Å². The number of ether oxygens (including phenoxy) is 2. The lowest BCUT2D eigenvalue weighted by atomic mass is 10.00. The van der Waals surface area contributed by atoms with Crippen LogP contribution < -0.4 is 5.32 Å². The summed E-state index contributed by atoms with van der Waals surface area (Å²) >= 11 is 0. The number of aromatic nitrogens is 1. The lowest BCUT2D eigenvalue weighted by Crippen LogP contribution is -2.44. The number of carbonyl (C=O) groups is 1. The van der Waals surface area contributed by atoms with E-state index in [1.165, 1.54) is 0 Å². The van der Waals surface area contributed by atoms with Gasteiger partial charge in [0, 0.05) is 30.6 Å². The molecule has 2 aromatic rings. The molecule has 1 aromatic carbocycles. The van der Waals surface area contributed by atoms with Gasteiger partial charge in [-0.1, -0.05) is 18.2 Å². The molecule has 130 valence electrons. The number of fused-ring (bicyclic) bond motifs is 1. The Morgan fingerprint density at radius 3 is 2.71 bits per heavy atom. The summed E-state index contributed by atoms with van der Waals surface area (Å²) < 4.78 is 13.0. The van der Waals surface area contributed by atoms with Gasteiger partial charge < -0.3 is 19.4 Å². The maximum absolute atomic E-state index is 12.9. The molecule has 0 saturated carbocycles. The molecule has 1 aromatic heterocycles. The molecule has 1 amide bonds. The second-order valence-corrected chi connectivity index (χ2v) is 6.63. The highest BCUT2D eigenvalue weighted by atomic mass is 16.5. The van der Waals surface area contributed by atoms with Crippen LogP contribution in [0.1, 0.15) is 37.2 Å². The zero-order valence-corrected chi connectivity index (χ0v) is 14.6. The smallest absolute Gasteiger partial charge is 0.268 e. The van der Waals surface area contributed by atoms with E-state index in [1.807, 2.05) is 34.9 Å². The Morgan fingerprint density at radius 2 is 2.00 bits per heavy atom. The molecule has 2 heterocycles. The van der Waals surface area contributed by atoms with Gasteiger partial charge in [0.1, 0.15) is 5.69 Å². The Bertz CT molecular complexity index is 700. The Morgan fingerprint density at radius 1 is 1.29 bits per heavy atom. The Kier molecular flexibility index (Phi) is 5.21. The van der Waals surface area contributed by atoms with Crippen LogP contribution in [0.15, 0.2) is 30.3 Å². The molecular formula is C19H26N2O3. The van der Waals surface area contributed by atoms with Crippen LogP contribution in [0, 0.1) is 0 Å². The lowest BCUT2D eigenvalue weighted by molar-refractivity contribution is -0.0408. The van der Waals surface area contributed by atoms with E-state index in [4.69, 9.17) is 9.47 Å². The molecule has 1 aliphatic heterocycles. The molecule has 0 spiro atoms. The fourth-order valence-electron chi connectivity index (χ4n) is 3.60. The SMILES string of the molecule is COCCn1c(C(=O)NC2C[C@@H](C)O[C@@H](C)C2)cc2ccccc21. The number of nitrogens with zero attached hydrogens (tertiary/aromatic N) is 1. The fourth-order valence-corrected chi connectivity index (χ4v) is 3.60. The summed E-state index contributed by atoms with van der Waals surface area (Å²) in [5.74, 6) is -0.0198. The highest BCUT2D eigenvalue weighted by Gasteiger charge is 2.27. The molecular weight excluding hydrogens is 304 g/mol. The van der Waals surface area contributed by atoms with Crippen molar-refractivity contribution in [2.24, 2.45) is 0 Å². The summed E-state index contributed by atoms with van der Waals surface area (Å²) in [4.78, 5) is 12.9. The lowest BCUT2D eigenvalue weighted by Gasteiger charge is -2.32. The Labute approximate surface area is 142 Å². The van der Waals surface area contributed by atoms with E-state index in [0.717, 1.165) is 23.7 Å². The number of hydrogen-bond acceptors (Lipinski definition) is 3. The van der Waals surface area contributed by atoms with Crippen molar-refractivity contribution in [2.75, 3.05) is 13.7 Å². The van der Waals surface area contributed by atoms with E-state index in [-0.39, 0.29) is 24.2 Å². The first-order valence-electron chi connectivity index (χ1n) is 8.62. The molecule has 5 nitrogen and oxygen atoms in total. The van der Waals surface area contributed by atoms with Gasteiger partial charge in [0.15, 0.2) is 0 Å². The van der Waals surface area contributed by atoms with Crippen molar-refractivity contribution >= 4 is 16.8 Å². The van der Waals surface area contributed by atoms with Gasteiger partial charge in [0.2, 0.25) is 0 Å². The maximum atomic E-state index is 12.9. The topological polar surface area (TPSA) is 52.5 Å². The zero-order valence-electron chi connectivity index (χ0n) is 14.6. The molecule has 0 aliphatic carbocycles. The first-order chi connectivity index (χ1) is 11.6. The van der Waals surface area contributed by atoms with Crippen molar-refractivity contribution in [3.05, 3.63) is 36.0 Å². The number of nitrogens with one attached hydrogen (secondary N) is 1. The molecule has 1 aliphatic rings. The van der Waals surface area contributed by atoms with E-state index in [1.54, 1.807) is 7.11 Å². The minimum absolute atomic E-state index is 0.0198. The largest absolute Gasteiger partial charge is 0.383 e. The van der Waals surface area contributed by atoms with Crippen LogP contribution in [-0.2, 0) is 16.0 Å². The van der Waals surface area contributed by atoms with Gasteiger partial charge in [-0.3, -0.25) is 4.79 Å². The Hall–Kier alpha value is -1.85. The third-order valence-electron chi connectivity index (χ3n) is 4.59. The van der Waals surface area contributed by atoms with Crippen LogP contribution in [-0.4, -0.2) is 42.4 Å². The van der Waals surface area contributed by atoms with Gasteiger partial charge in [-0.05, 0) is 38.8 Å². The average molecular weight is 330 g/mol. The van der Waals surface area contributed by atoms with Crippen LogP contribution in [0.3, 0.4) is 0 Å². The van der Waals surface area contributed by atoms with Crippen molar-refractivity contribution in [1.82, 2.24) is 9.88 Å². The van der Waals surface area contributed by atoms with Crippen LogP contribution in [0.2, 0.25) is 0 Å². The van der Waals surface area contributed by atoms with Gasteiger partial charge in [-0.25, -0.2) is 0 Å². The van der Waals surface area contributed by atoms with Crippen molar-refractivity contribution in [3.8, 4) is 0 Å². The van der Waals surface area contributed by atoms with E-state index in [9.17, 15) is 4.79 Å². The third-order valence-corrected chi connectivity index (χ3v) is 4.59. The molecule has 0 radical (unpaired) electrons. The normalized spacial score (nSPS) is 24.2. The molecule has 0 bridgehead atoms. The monoisotopic (exact) mass is 330 g/mol. The quantitative estimate of drug-likeness (QED) is 0.917. The highest BCUT2D eigenvalue weighted by Crippen LogP contribution is 2.22. The average Bonchev–Trinajstić information content (AvgIpc) is 2.90. The number of benzene rings is 1. The predicted octanol–water partition coefficient (Wildman–Crippen LogP) is 2.97. The van der Waals surface area contributed by atoms with Crippen molar-refractivity contribution in [2.45, 2.75) is 51.5 Å². The van der Waals surface area contributed by atoms with Crippen molar-refractivity contribution in [3.63, 3.8) is 0 Å². The third kappa shape index (κ3) is 3.62. The number of amides is 1. The number of hydrogen-bond donors (Lipinski definition) is 1. The van der Waals surface area contributed by atoms with Crippen molar-refractivity contribution in [1.29, 1.82) is 0 Å². The zero-order chi connectivity index (χ0) is 17.1. The van der Waals surface area contributed by atoms with Gasteiger partial charge in [-0.15, -0.1) is 0 Å². The number of para-hydroxylation sites is 1. The molecule has 3 atom stereocenters. The minimum atomic E-state index is -0.0198. The fraction of sp³-hybridized carbons (Fsp3) is 0.526. The standard InChI is InChI=1S/C19H26N2O3/c1-13-10-16(11-14(2)24-13)20-19(22)18-12-15-6-4-5-7-17(15)21(18)8-9-23-3/h4-7,12-14,16H,8-11H2,1-3H3,(H,20,22)/t13-,14+,16?. The van der Waals surface area contributed by atoms with Gasteiger partial charge in [0.05, 0.1) is 18.8 Å². The second kappa shape index (κ2) is 7.36. The van der Waals surface area contributed by atoms with Gasteiger partial charge >= 0.3 is 0 Å². The van der Waals surface area contributed by atoms with Gasteiger partial charge in [-0.2, -0.15) is 0 Å². The summed E-state index contributed by atoms with van der Waals surface area (Å²) in [6, 6.07) is 10.2. The van der Waals surface area contributed by atoms with E-state index in [0.29, 0.717) is 18.8 Å². The van der Waals surface area contributed by atoms with E-state index < -0.39 is 0 Å². The van der Waals surface area contributed by atoms with Crippen LogP contribution in [0.5, 0.6) is 0 Å². The van der Waals surface area contributed by atoms with Gasteiger partial charge in [0.25, 0.3) is 5.91 Å². The number of rotatable bonds is 5. The maximum Gasteiger partial charge on any atom is 0.268 e. The highest BCUT2D eigenvalue weighted by molar-refractivity contribution is 5.98. The van der Waals surface area contributed by atoms with Crippen LogP contribution in [0.25, 0.3) is 10.9 Å². The van der Waals surface area contributed by atoms with E-state index >= 15 is 0 Å². The molecule has 1 N–H and O–H groups in total. The molecule has 1 fully saturated rings. The molecule has 5 heteroatoms. The summed E-state index contributed by atoms with van der Waals surface area (Å²) in [5.41, 5.74) is 1.76. The molecule has 24 heavy (non-hydrogen) atoms. The second-order valence-electron chi connectivity index (χ2n) is 6.63. The van der Waals surface area contributed by atoms with E-state index in [2.05, 4.69) is 19.2 Å². The first kappa shape index (κ1) is 17.0. The molecule has 1 unspecified atom stereocenters. The number of methoxy groups -OCH3 is 1. The summed E-state index contributed by atoms with van der Waals surface area (Å²) in [7, 11) is 1.68.